The third-order valence-corrected chi connectivity index (χ3v) is 5.14. The van der Waals surface area contributed by atoms with E-state index in [2.05, 4.69) is 4.98 Å². The van der Waals surface area contributed by atoms with Gasteiger partial charge in [-0.2, -0.15) is 11.3 Å². The molecule has 142 valence electrons. The Balaban J connectivity index is 2.11. The maximum Gasteiger partial charge on any atom is 0.344 e. The van der Waals surface area contributed by atoms with Gasteiger partial charge in [0.15, 0.2) is 11.5 Å². The fourth-order valence-electron chi connectivity index (χ4n) is 3.11. The molecular formula is C21H17NO5S. The van der Waals surface area contributed by atoms with Gasteiger partial charge in [-0.25, -0.2) is 9.78 Å². The summed E-state index contributed by atoms with van der Waals surface area (Å²) in [4.78, 5) is 17.1. The standard InChI is InChI=1S/C21H17NO5S/c1-24-16-8-14-15(9-17(16)25-2)21(23)27-20(13-6-7-28-11-13)19(14)12-4-5-18(26-3)22-10-12/h4-11H,1-3H3. The Morgan fingerprint density at radius 2 is 1.68 bits per heavy atom. The van der Waals surface area contributed by atoms with E-state index in [1.165, 1.54) is 18.4 Å². The molecule has 3 heterocycles. The van der Waals surface area contributed by atoms with Crippen LogP contribution in [0.5, 0.6) is 17.4 Å². The lowest BCUT2D eigenvalue weighted by molar-refractivity contribution is 0.355. The number of fused-ring (bicyclic) bond motifs is 1. The van der Waals surface area contributed by atoms with Crippen molar-refractivity contribution < 1.29 is 18.6 Å². The van der Waals surface area contributed by atoms with Crippen molar-refractivity contribution in [2.75, 3.05) is 21.3 Å². The zero-order chi connectivity index (χ0) is 19.7. The molecule has 4 rings (SSSR count). The van der Waals surface area contributed by atoms with E-state index in [1.54, 1.807) is 38.6 Å². The highest BCUT2D eigenvalue weighted by molar-refractivity contribution is 7.08. The number of thiophene rings is 1. The summed E-state index contributed by atoms with van der Waals surface area (Å²) in [6.45, 7) is 0. The molecule has 28 heavy (non-hydrogen) atoms. The normalized spacial score (nSPS) is 10.8. The first-order valence-corrected chi connectivity index (χ1v) is 9.36. The van der Waals surface area contributed by atoms with E-state index < -0.39 is 5.63 Å². The molecule has 0 N–H and O–H groups in total. The van der Waals surface area contributed by atoms with Gasteiger partial charge in [-0.15, -0.1) is 0 Å². The van der Waals surface area contributed by atoms with E-state index in [1.807, 2.05) is 22.9 Å². The van der Waals surface area contributed by atoms with Crippen molar-refractivity contribution in [1.29, 1.82) is 0 Å². The summed E-state index contributed by atoms with van der Waals surface area (Å²) in [5.41, 5.74) is 1.93. The molecule has 3 aromatic heterocycles. The third-order valence-electron chi connectivity index (χ3n) is 4.45. The van der Waals surface area contributed by atoms with Gasteiger partial charge in [-0.1, -0.05) is 0 Å². The van der Waals surface area contributed by atoms with Crippen LogP contribution in [-0.4, -0.2) is 26.3 Å². The van der Waals surface area contributed by atoms with E-state index in [9.17, 15) is 4.79 Å². The molecule has 1 aromatic carbocycles. The summed E-state index contributed by atoms with van der Waals surface area (Å²) in [6.07, 6.45) is 1.69. The van der Waals surface area contributed by atoms with Crippen LogP contribution in [0.25, 0.3) is 33.2 Å². The van der Waals surface area contributed by atoms with Crippen molar-refractivity contribution in [3.8, 4) is 39.8 Å². The van der Waals surface area contributed by atoms with E-state index >= 15 is 0 Å². The molecule has 7 heteroatoms. The van der Waals surface area contributed by atoms with Crippen molar-refractivity contribution in [3.05, 3.63) is 57.7 Å². The van der Waals surface area contributed by atoms with E-state index in [0.29, 0.717) is 33.9 Å². The number of methoxy groups -OCH3 is 3. The molecule has 0 aliphatic carbocycles. The number of rotatable bonds is 5. The van der Waals surface area contributed by atoms with Gasteiger partial charge in [0.05, 0.1) is 26.7 Å². The highest BCUT2D eigenvalue weighted by Crippen LogP contribution is 2.41. The number of hydrogen-bond donors (Lipinski definition) is 0. The predicted octanol–water partition coefficient (Wildman–Crippen LogP) is 4.61. The van der Waals surface area contributed by atoms with Crippen molar-refractivity contribution in [2.24, 2.45) is 0 Å². The largest absolute Gasteiger partial charge is 0.493 e. The Kier molecular flexibility index (Phi) is 4.75. The predicted molar refractivity (Wildman–Crippen MR) is 109 cm³/mol. The minimum absolute atomic E-state index is 0.405. The fourth-order valence-corrected chi connectivity index (χ4v) is 3.74. The SMILES string of the molecule is COc1ccc(-c2c(-c3ccsc3)oc(=O)c3cc(OC)c(OC)cc23)cn1. The summed E-state index contributed by atoms with van der Waals surface area (Å²) < 4.78 is 21.7. The average molecular weight is 395 g/mol. The quantitative estimate of drug-likeness (QED) is 0.491. The average Bonchev–Trinajstić information content (AvgIpc) is 3.27. The Bertz CT molecular complexity index is 1180. The van der Waals surface area contributed by atoms with Crippen LogP contribution in [0.3, 0.4) is 0 Å². The first-order valence-electron chi connectivity index (χ1n) is 8.42. The molecule has 0 amide bonds. The summed E-state index contributed by atoms with van der Waals surface area (Å²) >= 11 is 1.53. The second-order valence-electron chi connectivity index (χ2n) is 5.95. The highest BCUT2D eigenvalue weighted by Gasteiger charge is 2.20. The van der Waals surface area contributed by atoms with Crippen LogP contribution in [0.1, 0.15) is 0 Å². The van der Waals surface area contributed by atoms with Gasteiger partial charge in [-0.05, 0) is 29.6 Å². The molecule has 0 unspecified atom stereocenters. The number of ether oxygens (including phenoxy) is 3. The van der Waals surface area contributed by atoms with Crippen LogP contribution in [0.15, 0.2) is 56.5 Å². The van der Waals surface area contributed by atoms with Crippen LogP contribution in [-0.2, 0) is 0 Å². The minimum atomic E-state index is -0.442. The lowest BCUT2D eigenvalue weighted by atomic mass is 9.97. The Labute approximate surface area is 164 Å². The van der Waals surface area contributed by atoms with Gasteiger partial charge >= 0.3 is 5.63 Å². The third kappa shape index (κ3) is 2.99. The van der Waals surface area contributed by atoms with Gasteiger partial charge in [0, 0.05) is 39.7 Å². The van der Waals surface area contributed by atoms with Crippen LogP contribution >= 0.6 is 11.3 Å². The van der Waals surface area contributed by atoms with Crippen LogP contribution in [0.4, 0.5) is 0 Å². The lowest BCUT2D eigenvalue weighted by Gasteiger charge is -2.14. The molecule has 0 spiro atoms. The Hall–Kier alpha value is -3.32. The Morgan fingerprint density at radius 3 is 2.25 bits per heavy atom. The molecule has 0 bridgehead atoms. The summed E-state index contributed by atoms with van der Waals surface area (Å²) in [5, 5.41) is 4.97. The molecule has 0 aliphatic rings. The van der Waals surface area contributed by atoms with Crippen LogP contribution in [0.2, 0.25) is 0 Å². The summed E-state index contributed by atoms with van der Waals surface area (Å²) in [6, 6.07) is 8.99. The van der Waals surface area contributed by atoms with Crippen LogP contribution < -0.4 is 19.8 Å². The molecule has 0 aliphatic heterocycles. The molecule has 0 saturated carbocycles. The van der Waals surface area contributed by atoms with Crippen molar-refractivity contribution in [2.45, 2.75) is 0 Å². The molecular weight excluding hydrogens is 378 g/mol. The van der Waals surface area contributed by atoms with E-state index in [4.69, 9.17) is 18.6 Å². The molecule has 6 nitrogen and oxygen atoms in total. The number of hydrogen-bond acceptors (Lipinski definition) is 7. The highest BCUT2D eigenvalue weighted by atomic mass is 32.1. The maximum absolute atomic E-state index is 12.8. The van der Waals surface area contributed by atoms with Gasteiger partial charge in [-0.3, -0.25) is 0 Å². The first kappa shape index (κ1) is 18.1. The number of nitrogens with zero attached hydrogens (tertiary/aromatic N) is 1. The van der Waals surface area contributed by atoms with E-state index in [0.717, 1.165) is 16.7 Å². The first-order chi connectivity index (χ1) is 13.7. The monoisotopic (exact) mass is 395 g/mol. The van der Waals surface area contributed by atoms with Gasteiger partial charge in [0.1, 0.15) is 5.76 Å². The topological polar surface area (TPSA) is 70.8 Å². The second-order valence-corrected chi connectivity index (χ2v) is 6.73. The molecule has 0 fully saturated rings. The second kappa shape index (κ2) is 7.36. The fraction of sp³-hybridized carbons (Fsp3) is 0.143. The summed E-state index contributed by atoms with van der Waals surface area (Å²) in [7, 11) is 4.65. The molecule has 0 atom stereocenters. The lowest BCUT2D eigenvalue weighted by Crippen LogP contribution is -2.04. The van der Waals surface area contributed by atoms with Crippen molar-refractivity contribution in [3.63, 3.8) is 0 Å². The Morgan fingerprint density at radius 1 is 0.929 bits per heavy atom. The maximum atomic E-state index is 12.8. The van der Waals surface area contributed by atoms with E-state index in [-0.39, 0.29) is 0 Å². The number of benzene rings is 1. The summed E-state index contributed by atoms with van der Waals surface area (Å²) in [5.74, 6) is 1.98. The van der Waals surface area contributed by atoms with Crippen molar-refractivity contribution >= 4 is 22.1 Å². The molecule has 0 saturated heterocycles. The zero-order valence-corrected chi connectivity index (χ0v) is 16.3. The van der Waals surface area contributed by atoms with Gasteiger partial charge < -0.3 is 18.6 Å². The van der Waals surface area contributed by atoms with Gasteiger partial charge in [0.25, 0.3) is 0 Å². The smallest absolute Gasteiger partial charge is 0.344 e. The minimum Gasteiger partial charge on any atom is -0.493 e. The molecule has 0 radical (unpaired) electrons. The number of aromatic nitrogens is 1. The zero-order valence-electron chi connectivity index (χ0n) is 15.5. The van der Waals surface area contributed by atoms with Gasteiger partial charge in [0.2, 0.25) is 5.88 Å². The van der Waals surface area contributed by atoms with Crippen LogP contribution in [0, 0.1) is 0 Å². The van der Waals surface area contributed by atoms with Crippen molar-refractivity contribution in [1.82, 2.24) is 4.98 Å². The number of pyridine rings is 1. The molecule has 4 aromatic rings.